The summed E-state index contributed by atoms with van der Waals surface area (Å²) in [7, 11) is 1.94. The van der Waals surface area contributed by atoms with Gasteiger partial charge in [-0.15, -0.1) is 0 Å². The van der Waals surface area contributed by atoms with Crippen LogP contribution in [0.3, 0.4) is 0 Å². The zero-order valence-corrected chi connectivity index (χ0v) is 11.6. The van der Waals surface area contributed by atoms with Gasteiger partial charge in [-0.1, -0.05) is 30.3 Å². The van der Waals surface area contributed by atoms with Crippen molar-refractivity contribution in [1.82, 2.24) is 14.9 Å². The average Bonchev–Trinajstić information content (AvgIpc) is 2.86. The maximum absolute atomic E-state index is 12.2. The Morgan fingerprint density at radius 1 is 1.40 bits per heavy atom. The molecule has 0 aliphatic carbocycles. The molecule has 1 amide bonds. The van der Waals surface area contributed by atoms with Gasteiger partial charge in [0, 0.05) is 39.0 Å². The van der Waals surface area contributed by atoms with Crippen molar-refractivity contribution in [3.63, 3.8) is 0 Å². The number of imidazole rings is 1. The Morgan fingerprint density at radius 3 is 2.75 bits per heavy atom. The highest BCUT2D eigenvalue weighted by Crippen LogP contribution is 2.13. The molecule has 3 N–H and O–H groups in total. The number of nitrogens with one attached hydrogen (secondary N) is 1. The summed E-state index contributed by atoms with van der Waals surface area (Å²) in [6.07, 6.45) is 4.36. The number of benzene rings is 1. The van der Waals surface area contributed by atoms with Crippen LogP contribution in [0.25, 0.3) is 0 Å². The minimum atomic E-state index is -0.294. The fraction of sp³-hybridized carbons (Fsp3) is 0.333. The Morgan fingerprint density at radius 2 is 2.15 bits per heavy atom. The van der Waals surface area contributed by atoms with E-state index >= 15 is 0 Å². The molecule has 5 nitrogen and oxygen atoms in total. The monoisotopic (exact) mass is 272 g/mol. The molecule has 1 aromatic heterocycles. The first-order valence-corrected chi connectivity index (χ1v) is 6.71. The highest BCUT2D eigenvalue weighted by Gasteiger charge is 2.18. The van der Waals surface area contributed by atoms with Gasteiger partial charge >= 0.3 is 0 Å². The van der Waals surface area contributed by atoms with Crippen molar-refractivity contribution in [1.29, 1.82) is 0 Å². The summed E-state index contributed by atoms with van der Waals surface area (Å²) in [6, 6.07) is 9.61. The van der Waals surface area contributed by atoms with Crippen LogP contribution in [0, 0.1) is 0 Å². The smallest absolute Gasteiger partial charge is 0.228 e. The largest absolute Gasteiger partial charge is 0.355 e. The molecule has 0 aliphatic rings. The Hall–Kier alpha value is -2.14. The lowest BCUT2D eigenvalue weighted by Crippen LogP contribution is -2.34. The van der Waals surface area contributed by atoms with E-state index in [4.69, 9.17) is 5.73 Å². The summed E-state index contributed by atoms with van der Waals surface area (Å²) in [5.41, 5.74) is 6.67. The molecule has 0 saturated heterocycles. The van der Waals surface area contributed by atoms with Gasteiger partial charge in [0.25, 0.3) is 0 Å². The molecule has 1 aromatic carbocycles. The third kappa shape index (κ3) is 3.45. The first kappa shape index (κ1) is 14.3. The quantitative estimate of drug-likeness (QED) is 0.817. The van der Waals surface area contributed by atoms with E-state index in [0.29, 0.717) is 19.5 Å². The number of hydrogen-bond acceptors (Lipinski definition) is 3. The van der Waals surface area contributed by atoms with E-state index in [0.717, 1.165) is 11.4 Å². The van der Waals surface area contributed by atoms with E-state index in [1.54, 1.807) is 6.20 Å². The summed E-state index contributed by atoms with van der Waals surface area (Å²) in [6.45, 7) is 0.866. The van der Waals surface area contributed by atoms with E-state index in [1.165, 1.54) is 0 Å². The average molecular weight is 272 g/mol. The predicted octanol–water partition coefficient (Wildman–Crippen LogP) is 0.821. The molecule has 20 heavy (non-hydrogen) atoms. The number of nitrogens with two attached hydrogens (primary N) is 1. The van der Waals surface area contributed by atoms with Gasteiger partial charge in [-0.3, -0.25) is 4.79 Å². The summed E-state index contributed by atoms with van der Waals surface area (Å²) >= 11 is 0. The summed E-state index contributed by atoms with van der Waals surface area (Å²) < 4.78 is 1.95. The second kappa shape index (κ2) is 6.86. The van der Waals surface area contributed by atoms with E-state index in [2.05, 4.69) is 10.3 Å². The summed E-state index contributed by atoms with van der Waals surface area (Å²) in [5.74, 6) is 0.625. The van der Waals surface area contributed by atoms with Gasteiger partial charge in [0.1, 0.15) is 5.82 Å². The second-order valence-corrected chi connectivity index (χ2v) is 4.69. The molecular formula is C15H20N4O. The van der Waals surface area contributed by atoms with Crippen LogP contribution in [-0.4, -0.2) is 28.5 Å². The molecular weight excluding hydrogens is 252 g/mol. The molecule has 0 fully saturated rings. The van der Waals surface area contributed by atoms with Crippen molar-refractivity contribution in [3.05, 3.63) is 54.1 Å². The fourth-order valence-electron chi connectivity index (χ4n) is 2.14. The zero-order chi connectivity index (χ0) is 14.4. The molecule has 2 rings (SSSR count). The Balaban J connectivity index is 1.89. The first-order chi connectivity index (χ1) is 9.72. The van der Waals surface area contributed by atoms with Gasteiger partial charge in [-0.05, 0) is 5.56 Å². The summed E-state index contributed by atoms with van der Waals surface area (Å²) in [5, 5.41) is 2.93. The van der Waals surface area contributed by atoms with Crippen LogP contribution in [0.5, 0.6) is 0 Å². The molecule has 0 aliphatic heterocycles. The Bertz CT molecular complexity index is 550. The van der Waals surface area contributed by atoms with Crippen molar-refractivity contribution < 1.29 is 4.79 Å². The number of hydrogen-bond donors (Lipinski definition) is 2. The third-order valence-electron chi connectivity index (χ3n) is 3.32. The van der Waals surface area contributed by atoms with Gasteiger partial charge < -0.3 is 15.6 Å². The molecule has 2 aromatic rings. The van der Waals surface area contributed by atoms with Crippen LogP contribution in [0.1, 0.15) is 17.3 Å². The van der Waals surface area contributed by atoms with Crippen LogP contribution in [0.15, 0.2) is 42.7 Å². The van der Waals surface area contributed by atoms with E-state index in [-0.39, 0.29) is 11.8 Å². The molecule has 1 atom stereocenters. The molecule has 0 radical (unpaired) electrons. The zero-order valence-electron chi connectivity index (χ0n) is 11.6. The maximum atomic E-state index is 12.2. The lowest BCUT2D eigenvalue weighted by molar-refractivity contribution is -0.122. The molecule has 106 valence electrons. The van der Waals surface area contributed by atoms with Crippen LogP contribution < -0.4 is 11.1 Å². The van der Waals surface area contributed by atoms with Gasteiger partial charge in [0.05, 0.1) is 5.92 Å². The fourth-order valence-corrected chi connectivity index (χ4v) is 2.14. The molecule has 0 saturated carbocycles. The molecule has 5 heteroatoms. The SMILES string of the molecule is Cn1ccnc1CCNC(=O)C(CN)c1ccccc1. The van der Waals surface area contributed by atoms with Crippen molar-refractivity contribution in [3.8, 4) is 0 Å². The minimum Gasteiger partial charge on any atom is -0.355 e. The van der Waals surface area contributed by atoms with Crippen molar-refractivity contribution >= 4 is 5.91 Å². The highest BCUT2D eigenvalue weighted by molar-refractivity contribution is 5.83. The number of aromatic nitrogens is 2. The minimum absolute atomic E-state index is 0.0343. The number of nitrogens with zero attached hydrogens (tertiary/aromatic N) is 2. The number of aryl methyl sites for hydroxylation is 1. The van der Waals surface area contributed by atoms with Crippen LogP contribution in [-0.2, 0) is 18.3 Å². The van der Waals surface area contributed by atoms with Crippen molar-refractivity contribution in [2.24, 2.45) is 12.8 Å². The maximum Gasteiger partial charge on any atom is 0.228 e. The van der Waals surface area contributed by atoms with Crippen LogP contribution in [0.4, 0.5) is 0 Å². The topological polar surface area (TPSA) is 72.9 Å². The van der Waals surface area contributed by atoms with Gasteiger partial charge in [-0.25, -0.2) is 4.98 Å². The number of carbonyl (C=O) groups excluding carboxylic acids is 1. The van der Waals surface area contributed by atoms with E-state index < -0.39 is 0 Å². The number of rotatable bonds is 6. The second-order valence-electron chi connectivity index (χ2n) is 4.69. The van der Waals surface area contributed by atoms with E-state index in [9.17, 15) is 4.79 Å². The summed E-state index contributed by atoms with van der Waals surface area (Å²) in [4.78, 5) is 16.4. The van der Waals surface area contributed by atoms with Crippen molar-refractivity contribution in [2.75, 3.05) is 13.1 Å². The van der Waals surface area contributed by atoms with Crippen LogP contribution >= 0.6 is 0 Å². The van der Waals surface area contributed by atoms with Crippen molar-refractivity contribution in [2.45, 2.75) is 12.3 Å². The Kier molecular flexibility index (Phi) is 4.90. The Labute approximate surface area is 118 Å². The normalized spacial score (nSPS) is 12.1. The highest BCUT2D eigenvalue weighted by atomic mass is 16.1. The first-order valence-electron chi connectivity index (χ1n) is 6.71. The molecule has 1 unspecified atom stereocenters. The van der Waals surface area contributed by atoms with Gasteiger partial charge in [-0.2, -0.15) is 0 Å². The molecule has 0 bridgehead atoms. The number of amides is 1. The third-order valence-corrected chi connectivity index (χ3v) is 3.32. The molecule has 1 heterocycles. The lowest BCUT2D eigenvalue weighted by Gasteiger charge is -2.15. The van der Waals surface area contributed by atoms with Crippen LogP contribution in [0.2, 0.25) is 0 Å². The van der Waals surface area contributed by atoms with E-state index in [1.807, 2.05) is 48.1 Å². The van der Waals surface area contributed by atoms with Gasteiger partial charge in [0.15, 0.2) is 0 Å². The standard InChI is InChI=1S/C15H20N4O/c1-19-10-9-17-14(19)7-8-18-15(20)13(11-16)12-5-3-2-4-6-12/h2-6,9-10,13H,7-8,11,16H2,1H3,(H,18,20). The number of carbonyl (C=O) groups is 1. The predicted molar refractivity (Wildman–Crippen MR) is 78.2 cm³/mol. The lowest BCUT2D eigenvalue weighted by atomic mass is 9.98. The molecule has 0 spiro atoms. The van der Waals surface area contributed by atoms with Gasteiger partial charge in [0.2, 0.25) is 5.91 Å².